The summed E-state index contributed by atoms with van der Waals surface area (Å²) in [5.74, 6) is 0.785. The van der Waals surface area contributed by atoms with Crippen LogP contribution >= 0.6 is 0 Å². The molecule has 4 atom stereocenters. The fourth-order valence-electron chi connectivity index (χ4n) is 2.54. The number of fused-ring (bicyclic) bond motifs is 1. The van der Waals surface area contributed by atoms with E-state index in [9.17, 15) is 4.79 Å². The van der Waals surface area contributed by atoms with Crippen molar-refractivity contribution in [1.29, 1.82) is 0 Å². The SMILES string of the molecule is CC1C(=O)O[C@@H]2C[C@H](CO)CC[C@H]12. The van der Waals surface area contributed by atoms with Crippen LogP contribution in [-0.4, -0.2) is 23.8 Å². The predicted octanol–water partition coefficient (Wildman–Crippen LogP) is 0.956. The Bertz CT molecular complexity index is 214. The molecule has 3 heteroatoms. The van der Waals surface area contributed by atoms with Crippen LogP contribution < -0.4 is 0 Å². The van der Waals surface area contributed by atoms with Crippen LogP contribution in [0.3, 0.4) is 0 Å². The van der Waals surface area contributed by atoms with Crippen LogP contribution in [0.1, 0.15) is 26.2 Å². The first-order valence-corrected chi connectivity index (χ1v) is 5.03. The molecule has 0 aromatic heterocycles. The molecular weight excluding hydrogens is 168 g/mol. The van der Waals surface area contributed by atoms with E-state index in [2.05, 4.69) is 0 Å². The van der Waals surface area contributed by atoms with Gasteiger partial charge in [0.2, 0.25) is 0 Å². The largest absolute Gasteiger partial charge is 0.462 e. The summed E-state index contributed by atoms with van der Waals surface area (Å²) in [5.41, 5.74) is 0. The molecule has 0 bridgehead atoms. The molecule has 0 aromatic carbocycles. The number of carbonyl (C=O) groups excluding carboxylic acids is 1. The van der Waals surface area contributed by atoms with Crippen LogP contribution in [0.2, 0.25) is 0 Å². The summed E-state index contributed by atoms with van der Waals surface area (Å²) >= 11 is 0. The summed E-state index contributed by atoms with van der Waals surface area (Å²) in [6, 6.07) is 0. The first-order chi connectivity index (χ1) is 6.22. The Morgan fingerprint density at radius 2 is 2.31 bits per heavy atom. The van der Waals surface area contributed by atoms with Gasteiger partial charge in [-0.2, -0.15) is 0 Å². The van der Waals surface area contributed by atoms with E-state index >= 15 is 0 Å². The molecule has 2 rings (SSSR count). The van der Waals surface area contributed by atoms with E-state index < -0.39 is 0 Å². The average Bonchev–Trinajstić information content (AvgIpc) is 2.42. The van der Waals surface area contributed by atoms with E-state index in [0.29, 0.717) is 11.8 Å². The number of esters is 1. The molecule has 1 heterocycles. The minimum absolute atomic E-state index is 0.0476. The number of ether oxygens (including phenoxy) is 1. The number of hydrogen-bond donors (Lipinski definition) is 1. The van der Waals surface area contributed by atoms with Crippen molar-refractivity contribution < 1.29 is 14.6 Å². The number of hydrogen-bond acceptors (Lipinski definition) is 3. The van der Waals surface area contributed by atoms with E-state index in [0.717, 1.165) is 19.3 Å². The molecule has 1 aliphatic heterocycles. The molecule has 0 amide bonds. The molecule has 1 aliphatic carbocycles. The molecule has 2 aliphatic rings. The molecule has 0 aromatic rings. The number of carbonyl (C=O) groups is 1. The van der Waals surface area contributed by atoms with Crippen LogP contribution in [0.15, 0.2) is 0 Å². The highest BCUT2D eigenvalue weighted by Crippen LogP contribution is 2.40. The fraction of sp³-hybridized carbons (Fsp3) is 0.900. The lowest BCUT2D eigenvalue weighted by Gasteiger charge is -2.29. The molecule has 1 saturated heterocycles. The van der Waals surface area contributed by atoms with Gasteiger partial charge in [-0.15, -0.1) is 0 Å². The number of rotatable bonds is 1. The van der Waals surface area contributed by atoms with Crippen LogP contribution in [0.4, 0.5) is 0 Å². The molecule has 1 saturated carbocycles. The first kappa shape index (κ1) is 9.00. The Hall–Kier alpha value is -0.570. The van der Waals surface area contributed by atoms with Gasteiger partial charge in [0.25, 0.3) is 0 Å². The van der Waals surface area contributed by atoms with E-state index in [1.165, 1.54) is 0 Å². The van der Waals surface area contributed by atoms with Crippen molar-refractivity contribution in [1.82, 2.24) is 0 Å². The van der Waals surface area contributed by atoms with Crippen molar-refractivity contribution in [2.24, 2.45) is 17.8 Å². The van der Waals surface area contributed by atoms with Gasteiger partial charge >= 0.3 is 5.97 Å². The minimum atomic E-state index is -0.0476. The van der Waals surface area contributed by atoms with Crippen LogP contribution in [0, 0.1) is 17.8 Å². The van der Waals surface area contributed by atoms with E-state index in [1.54, 1.807) is 0 Å². The number of aliphatic hydroxyl groups is 1. The highest BCUT2D eigenvalue weighted by molar-refractivity contribution is 5.74. The molecule has 1 unspecified atom stereocenters. The number of aliphatic hydroxyl groups excluding tert-OH is 1. The molecule has 0 radical (unpaired) electrons. The Morgan fingerprint density at radius 3 is 3.00 bits per heavy atom. The highest BCUT2D eigenvalue weighted by Gasteiger charge is 2.44. The Labute approximate surface area is 78.1 Å². The van der Waals surface area contributed by atoms with E-state index in [-0.39, 0.29) is 24.6 Å². The van der Waals surface area contributed by atoms with Crippen molar-refractivity contribution in [2.75, 3.05) is 6.61 Å². The topological polar surface area (TPSA) is 46.5 Å². The van der Waals surface area contributed by atoms with Gasteiger partial charge in [0.15, 0.2) is 0 Å². The normalized spacial score (nSPS) is 44.3. The van der Waals surface area contributed by atoms with Gasteiger partial charge in [0.1, 0.15) is 6.10 Å². The molecule has 3 nitrogen and oxygen atoms in total. The monoisotopic (exact) mass is 184 g/mol. The molecule has 74 valence electrons. The Balaban J connectivity index is 2.03. The van der Waals surface area contributed by atoms with Crippen molar-refractivity contribution >= 4 is 5.97 Å². The standard InChI is InChI=1S/C10H16O3/c1-6-8-3-2-7(5-11)4-9(8)13-10(6)12/h6-9,11H,2-5H2,1H3/t6?,7-,8-,9-/m1/s1. The summed E-state index contributed by atoms with van der Waals surface area (Å²) in [6.07, 6.45) is 3.02. The van der Waals surface area contributed by atoms with Crippen LogP contribution in [-0.2, 0) is 9.53 Å². The van der Waals surface area contributed by atoms with Gasteiger partial charge in [0, 0.05) is 12.5 Å². The second-order valence-corrected chi connectivity index (χ2v) is 4.29. The lowest BCUT2D eigenvalue weighted by molar-refractivity contribution is -0.144. The lowest BCUT2D eigenvalue weighted by Crippen LogP contribution is -2.29. The smallest absolute Gasteiger partial charge is 0.309 e. The summed E-state index contributed by atoms with van der Waals surface area (Å²) in [6.45, 7) is 2.18. The van der Waals surface area contributed by atoms with Gasteiger partial charge in [-0.05, 0) is 25.2 Å². The zero-order valence-corrected chi connectivity index (χ0v) is 7.90. The average molecular weight is 184 g/mol. The van der Waals surface area contributed by atoms with E-state index in [4.69, 9.17) is 9.84 Å². The predicted molar refractivity (Wildman–Crippen MR) is 47.0 cm³/mol. The third-order valence-corrected chi connectivity index (χ3v) is 3.49. The maximum absolute atomic E-state index is 11.3. The maximum Gasteiger partial charge on any atom is 0.309 e. The molecular formula is C10H16O3. The summed E-state index contributed by atoms with van der Waals surface area (Å²) in [5, 5.41) is 9.00. The van der Waals surface area contributed by atoms with Gasteiger partial charge in [-0.3, -0.25) is 4.79 Å². The molecule has 13 heavy (non-hydrogen) atoms. The third kappa shape index (κ3) is 1.46. The summed E-state index contributed by atoms with van der Waals surface area (Å²) in [7, 11) is 0. The first-order valence-electron chi connectivity index (χ1n) is 5.03. The minimum Gasteiger partial charge on any atom is -0.462 e. The Morgan fingerprint density at radius 1 is 1.54 bits per heavy atom. The third-order valence-electron chi connectivity index (χ3n) is 3.49. The van der Waals surface area contributed by atoms with Gasteiger partial charge in [-0.1, -0.05) is 6.92 Å². The van der Waals surface area contributed by atoms with Crippen molar-refractivity contribution in [3.05, 3.63) is 0 Å². The second kappa shape index (κ2) is 3.29. The summed E-state index contributed by atoms with van der Waals surface area (Å²) in [4.78, 5) is 11.3. The lowest BCUT2D eigenvalue weighted by atomic mass is 9.76. The summed E-state index contributed by atoms with van der Waals surface area (Å²) < 4.78 is 5.26. The fourth-order valence-corrected chi connectivity index (χ4v) is 2.54. The van der Waals surface area contributed by atoms with Crippen molar-refractivity contribution in [3.63, 3.8) is 0 Å². The highest BCUT2D eigenvalue weighted by atomic mass is 16.6. The van der Waals surface area contributed by atoms with Crippen LogP contribution in [0.25, 0.3) is 0 Å². The second-order valence-electron chi connectivity index (χ2n) is 4.29. The van der Waals surface area contributed by atoms with Gasteiger partial charge < -0.3 is 9.84 Å². The molecule has 2 fully saturated rings. The maximum atomic E-state index is 11.3. The molecule has 0 spiro atoms. The van der Waals surface area contributed by atoms with Crippen LogP contribution in [0.5, 0.6) is 0 Å². The zero-order chi connectivity index (χ0) is 9.42. The van der Waals surface area contributed by atoms with E-state index in [1.807, 2.05) is 6.92 Å². The quantitative estimate of drug-likeness (QED) is 0.617. The van der Waals surface area contributed by atoms with Crippen molar-refractivity contribution in [2.45, 2.75) is 32.3 Å². The van der Waals surface area contributed by atoms with Gasteiger partial charge in [0.05, 0.1) is 5.92 Å². The Kier molecular flexibility index (Phi) is 2.28. The molecule has 1 N–H and O–H groups in total. The van der Waals surface area contributed by atoms with Gasteiger partial charge in [-0.25, -0.2) is 0 Å². The van der Waals surface area contributed by atoms with Crippen molar-refractivity contribution in [3.8, 4) is 0 Å². The zero-order valence-electron chi connectivity index (χ0n) is 7.90.